The Morgan fingerprint density at radius 3 is 2.67 bits per heavy atom. The number of aryl methyl sites for hydroxylation is 1. The molecule has 8 heteroatoms. The van der Waals surface area contributed by atoms with Crippen molar-refractivity contribution >= 4 is 21.6 Å². The highest BCUT2D eigenvalue weighted by Crippen LogP contribution is 2.26. The molecule has 0 aliphatic carbocycles. The lowest BCUT2D eigenvalue weighted by atomic mass is 10.2. The van der Waals surface area contributed by atoms with Gasteiger partial charge in [0.2, 0.25) is 10.0 Å². The lowest BCUT2D eigenvalue weighted by molar-refractivity contribution is 0.466. The maximum atomic E-state index is 12.6. The van der Waals surface area contributed by atoms with Gasteiger partial charge in [-0.2, -0.15) is 9.40 Å². The third-order valence-corrected chi connectivity index (χ3v) is 5.37. The largest absolute Gasteiger partial charge is 0.326 e. The van der Waals surface area contributed by atoms with E-state index < -0.39 is 10.0 Å². The SMILES string of the molecule is CN(Cc1cnn(C)c1)S(=O)(=O)c1cc(CN)ccc1Cl. The summed E-state index contributed by atoms with van der Waals surface area (Å²) in [6.45, 7) is 0.478. The van der Waals surface area contributed by atoms with Crippen LogP contribution < -0.4 is 5.73 Å². The Morgan fingerprint density at radius 1 is 1.38 bits per heavy atom. The van der Waals surface area contributed by atoms with E-state index in [1.54, 1.807) is 36.3 Å². The van der Waals surface area contributed by atoms with Gasteiger partial charge in [0.05, 0.1) is 11.2 Å². The molecule has 2 N–H and O–H groups in total. The highest BCUT2D eigenvalue weighted by Gasteiger charge is 2.24. The fourth-order valence-electron chi connectivity index (χ4n) is 1.94. The second-order valence-electron chi connectivity index (χ2n) is 4.75. The summed E-state index contributed by atoms with van der Waals surface area (Å²) in [6.07, 6.45) is 3.40. The Morgan fingerprint density at radius 2 is 2.10 bits per heavy atom. The number of rotatable bonds is 5. The first-order valence-electron chi connectivity index (χ1n) is 6.27. The molecule has 0 saturated carbocycles. The molecule has 0 fully saturated rings. The van der Waals surface area contributed by atoms with Crippen LogP contribution in [0.1, 0.15) is 11.1 Å². The number of halogens is 1. The zero-order chi connectivity index (χ0) is 15.6. The Bertz CT molecular complexity index is 742. The fourth-order valence-corrected chi connectivity index (χ4v) is 3.62. The smallest absolute Gasteiger partial charge is 0.244 e. The molecule has 0 amide bonds. The molecule has 0 aliphatic heterocycles. The molecular formula is C13H17ClN4O2S. The van der Waals surface area contributed by atoms with E-state index in [-0.39, 0.29) is 23.0 Å². The third kappa shape index (κ3) is 3.44. The molecule has 1 aromatic carbocycles. The van der Waals surface area contributed by atoms with Crippen LogP contribution in [-0.2, 0) is 30.2 Å². The summed E-state index contributed by atoms with van der Waals surface area (Å²) in [7, 11) is -0.397. The molecular weight excluding hydrogens is 312 g/mol. The van der Waals surface area contributed by atoms with E-state index in [1.807, 2.05) is 0 Å². The third-order valence-electron chi connectivity index (χ3n) is 3.08. The van der Waals surface area contributed by atoms with Crippen LogP contribution in [0.4, 0.5) is 0 Å². The maximum Gasteiger partial charge on any atom is 0.244 e. The zero-order valence-electron chi connectivity index (χ0n) is 11.8. The number of hydrogen-bond donors (Lipinski definition) is 1. The minimum Gasteiger partial charge on any atom is -0.326 e. The highest BCUT2D eigenvalue weighted by atomic mass is 35.5. The van der Waals surface area contributed by atoms with Crippen molar-refractivity contribution in [1.29, 1.82) is 0 Å². The first-order chi connectivity index (χ1) is 9.84. The number of aromatic nitrogens is 2. The van der Waals surface area contributed by atoms with E-state index in [2.05, 4.69) is 5.10 Å². The second-order valence-corrected chi connectivity index (χ2v) is 7.17. The number of nitrogens with zero attached hydrogens (tertiary/aromatic N) is 3. The molecule has 0 unspecified atom stereocenters. The molecule has 0 atom stereocenters. The monoisotopic (exact) mass is 328 g/mol. The van der Waals surface area contributed by atoms with E-state index in [9.17, 15) is 8.42 Å². The van der Waals surface area contributed by atoms with Crippen molar-refractivity contribution in [2.24, 2.45) is 12.8 Å². The lowest BCUT2D eigenvalue weighted by Crippen LogP contribution is -2.26. The average Bonchev–Trinajstić information content (AvgIpc) is 2.84. The number of hydrogen-bond acceptors (Lipinski definition) is 4. The quantitative estimate of drug-likeness (QED) is 0.898. The summed E-state index contributed by atoms with van der Waals surface area (Å²) in [4.78, 5) is 0.0681. The van der Waals surface area contributed by atoms with Gasteiger partial charge < -0.3 is 5.73 Å². The van der Waals surface area contributed by atoms with Crippen molar-refractivity contribution in [1.82, 2.24) is 14.1 Å². The van der Waals surface area contributed by atoms with Crippen molar-refractivity contribution in [2.75, 3.05) is 7.05 Å². The second kappa shape index (κ2) is 6.15. The van der Waals surface area contributed by atoms with E-state index >= 15 is 0 Å². The molecule has 1 heterocycles. The van der Waals surface area contributed by atoms with Gasteiger partial charge in [0.25, 0.3) is 0 Å². The minimum absolute atomic E-state index is 0.0681. The van der Waals surface area contributed by atoms with Crippen molar-refractivity contribution in [3.05, 3.63) is 46.7 Å². The molecule has 0 spiro atoms. The summed E-state index contributed by atoms with van der Waals surface area (Å²) in [5.41, 5.74) is 7.07. The minimum atomic E-state index is -3.68. The zero-order valence-corrected chi connectivity index (χ0v) is 13.4. The van der Waals surface area contributed by atoms with Crippen LogP contribution in [0.3, 0.4) is 0 Å². The first kappa shape index (κ1) is 16.0. The van der Waals surface area contributed by atoms with E-state index in [0.717, 1.165) is 5.56 Å². The van der Waals surface area contributed by atoms with Crippen LogP contribution in [0.2, 0.25) is 5.02 Å². The van der Waals surface area contributed by atoms with Crippen LogP contribution in [-0.4, -0.2) is 29.6 Å². The average molecular weight is 329 g/mol. The van der Waals surface area contributed by atoms with Crippen molar-refractivity contribution in [3.8, 4) is 0 Å². The van der Waals surface area contributed by atoms with Gasteiger partial charge in [-0.1, -0.05) is 17.7 Å². The van der Waals surface area contributed by atoms with Gasteiger partial charge in [-0.05, 0) is 17.7 Å². The molecule has 0 bridgehead atoms. The molecule has 114 valence electrons. The molecule has 1 aromatic heterocycles. The molecule has 2 rings (SSSR count). The van der Waals surface area contributed by atoms with Crippen molar-refractivity contribution in [2.45, 2.75) is 18.0 Å². The van der Waals surface area contributed by atoms with Crippen LogP contribution in [0.15, 0.2) is 35.5 Å². The van der Waals surface area contributed by atoms with Gasteiger partial charge >= 0.3 is 0 Å². The predicted octanol–water partition coefficient (Wildman–Crippen LogP) is 1.35. The van der Waals surface area contributed by atoms with Gasteiger partial charge in [0, 0.05) is 38.9 Å². The molecule has 21 heavy (non-hydrogen) atoms. The number of nitrogens with two attached hydrogens (primary N) is 1. The fraction of sp³-hybridized carbons (Fsp3) is 0.308. The standard InChI is InChI=1S/C13H17ClN4O2S/c1-17-8-11(7-16-17)9-18(2)21(19,20)13-5-10(6-15)3-4-12(13)14/h3-5,7-8H,6,9,15H2,1-2H3. The molecule has 2 aromatic rings. The summed E-state index contributed by atoms with van der Waals surface area (Å²) in [5.74, 6) is 0. The van der Waals surface area contributed by atoms with E-state index in [0.29, 0.717) is 5.56 Å². The summed E-state index contributed by atoms with van der Waals surface area (Å²) in [5, 5.41) is 4.21. The van der Waals surface area contributed by atoms with E-state index in [1.165, 1.54) is 17.4 Å². The van der Waals surface area contributed by atoms with Gasteiger partial charge in [-0.15, -0.1) is 0 Å². The maximum absolute atomic E-state index is 12.6. The Hall–Kier alpha value is -1.41. The summed E-state index contributed by atoms with van der Waals surface area (Å²) < 4.78 is 28.1. The van der Waals surface area contributed by atoms with Crippen LogP contribution in [0.5, 0.6) is 0 Å². The number of sulfonamides is 1. The predicted molar refractivity (Wildman–Crippen MR) is 81.2 cm³/mol. The van der Waals surface area contributed by atoms with Gasteiger partial charge in [-0.25, -0.2) is 8.42 Å². The molecule has 0 saturated heterocycles. The molecule has 0 aliphatic rings. The summed E-state index contributed by atoms with van der Waals surface area (Å²) in [6, 6.07) is 4.77. The van der Waals surface area contributed by atoms with E-state index in [4.69, 9.17) is 17.3 Å². The van der Waals surface area contributed by atoms with Crippen LogP contribution in [0.25, 0.3) is 0 Å². The highest BCUT2D eigenvalue weighted by molar-refractivity contribution is 7.89. The number of benzene rings is 1. The normalized spacial score (nSPS) is 12.0. The molecule has 0 radical (unpaired) electrons. The van der Waals surface area contributed by atoms with Crippen LogP contribution in [0, 0.1) is 0 Å². The Kier molecular flexibility index (Phi) is 4.67. The first-order valence-corrected chi connectivity index (χ1v) is 8.08. The van der Waals surface area contributed by atoms with Crippen molar-refractivity contribution < 1.29 is 8.42 Å². The summed E-state index contributed by atoms with van der Waals surface area (Å²) >= 11 is 6.03. The Balaban J connectivity index is 2.32. The lowest BCUT2D eigenvalue weighted by Gasteiger charge is -2.17. The van der Waals surface area contributed by atoms with Gasteiger partial charge in [0.15, 0.2) is 0 Å². The van der Waals surface area contributed by atoms with Gasteiger partial charge in [0.1, 0.15) is 4.90 Å². The van der Waals surface area contributed by atoms with Gasteiger partial charge in [-0.3, -0.25) is 4.68 Å². The Labute approximate surface area is 129 Å². The van der Waals surface area contributed by atoms with Crippen molar-refractivity contribution in [3.63, 3.8) is 0 Å². The van der Waals surface area contributed by atoms with Crippen LogP contribution >= 0.6 is 11.6 Å². The topological polar surface area (TPSA) is 81.2 Å². The molecule has 6 nitrogen and oxygen atoms in total.